The van der Waals surface area contributed by atoms with E-state index in [1.165, 1.54) is 25.7 Å². The predicted octanol–water partition coefficient (Wildman–Crippen LogP) is 2.63. The van der Waals surface area contributed by atoms with Gasteiger partial charge in [0.25, 0.3) is 0 Å². The zero-order valence-corrected chi connectivity index (χ0v) is 9.13. The van der Waals surface area contributed by atoms with Crippen LogP contribution in [-0.4, -0.2) is 18.0 Å². The number of hydrogen-bond donors (Lipinski definition) is 0. The van der Waals surface area contributed by atoms with Crippen molar-refractivity contribution in [2.45, 2.75) is 50.5 Å². The molecule has 2 fully saturated rings. The third-order valence-corrected chi connectivity index (χ3v) is 4.61. The minimum atomic E-state index is -0.418. The normalized spacial score (nSPS) is 38.3. The number of carbonyl (C=O) groups is 1. The van der Waals surface area contributed by atoms with Gasteiger partial charge in [-0.15, -0.1) is 0 Å². The summed E-state index contributed by atoms with van der Waals surface area (Å²) in [5, 5.41) is 0. The first-order valence-corrected chi connectivity index (χ1v) is 6.14. The van der Waals surface area contributed by atoms with Gasteiger partial charge in [0.05, 0.1) is 0 Å². The fourth-order valence-electron chi connectivity index (χ4n) is 3.86. The lowest BCUT2D eigenvalue weighted by Gasteiger charge is -2.45. The quantitative estimate of drug-likeness (QED) is 0.609. The topological polar surface area (TPSA) is 26.3 Å². The third kappa shape index (κ3) is 1.12. The van der Waals surface area contributed by atoms with Gasteiger partial charge in [0.15, 0.2) is 5.78 Å². The molecule has 1 heterocycles. The molecule has 2 aliphatic carbocycles. The molecule has 0 radical (unpaired) electrons. The molecule has 0 aromatic heterocycles. The lowest BCUT2D eigenvalue weighted by molar-refractivity contribution is -0.153. The summed E-state index contributed by atoms with van der Waals surface area (Å²) in [4.78, 5) is 12.2. The maximum absolute atomic E-state index is 12.2. The Hall–Kier alpha value is -0.630. The van der Waals surface area contributed by atoms with Crippen molar-refractivity contribution in [3.05, 3.63) is 12.2 Å². The molecule has 2 heteroatoms. The van der Waals surface area contributed by atoms with Crippen LogP contribution in [0.25, 0.3) is 0 Å². The molecule has 2 nitrogen and oxygen atoms in total. The molecule has 0 aromatic carbocycles. The second kappa shape index (κ2) is 3.18. The molecule has 1 unspecified atom stereocenters. The molecule has 2 spiro atoms. The number of ketones is 1. The molecule has 15 heavy (non-hydrogen) atoms. The molecular weight excluding hydrogens is 188 g/mol. The van der Waals surface area contributed by atoms with Gasteiger partial charge in [0.1, 0.15) is 5.60 Å². The molecule has 3 rings (SSSR count). The van der Waals surface area contributed by atoms with E-state index >= 15 is 0 Å². The van der Waals surface area contributed by atoms with Gasteiger partial charge in [-0.3, -0.25) is 4.79 Å². The van der Waals surface area contributed by atoms with Crippen molar-refractivity contribution < 1.29 is 9.53 Å². The molecule has 1 aliphatic heterocycles. The molecule has 0 aromatic rings. The maximum Gasteiger partial charge on any atom is 0.187 e. The third-order valence-electron chi connectivity index (χ3n) is 4.61. The Kier molecular flexibility index (Phi) is 2.03. The second-order valence-electron chi connectivity index (χ2n) is 5.24. The van der Waals surface area contributed by atoms with E-state index in [0.717, 1.165) is 25.9 Å². The van der Waals surface area contributed by atoms with E-state index in [-0.39, 0.29) is 11.2 Å². The molecule has 0 amide bonds. The molecule has 1 saturated carbocycles. The molecule has 82 valence electrons. The number of allylic oxidation sites excluding steroid dienone is 1. The van der Waals surface area contributed by atoms with Crippen molar-refractivity contribution >= 4 is 5.78 Å². The summed E-state index contributed by atoms with van der Waals surface area (Å²) in [6.45, 7) is 0.779. The van der Waals surface area contributed by atoms with Crippen molar-refractivity contribution in [3.63, 3.8) is 0 Å². The fourth-order valence-corrected chi connectivity index (χ4v) is 3.86. The Labute approximate surface area is 90.7 Å². The summed E-state index contributed by atoms with van der Waals surface area (Å²) in [5.74, 6) is 0.244. The van der Waals surface area contributed by atoms with Crippen LogP contribution < -0.4 is 0 Å². The molecule has 3 aliphatic rings. The first kappa shape index (κ1) is 9.59. The van der Waals surface area contributed by atoms with Crippen molar-refractivity contribution in [3.8, 4) is 0 Å². The van der Waals surface area contributed by atoms with Crippen LogP contribution >= 0.6 is 0 Å². The van der Waals surface area contributed by atoms with Gasteiger partial charge >= 0.3 is 0 Å². The van der Waals surface area contributed by atoms with E-state index in [1.807, 2.05) is 0 Å². The van der Waals surface area contributed by atoms with Crippen LogP contribution in [0.1, 0.15) is 44.9 Å². The van der Waals surface area contributed by atoms with Gasteiger partial charge in [-0.1, -0.05) is 18.9 Å². The van der Waals surface area contributed by atoms with Crippen molar-refractivity contribution in [2.24, 2.45) is 5.41 Å². The number of ether oxygens (including phenoxy) is 1. The van der Waals surface area contributed by atoms with Crippen LogP contribution in [0.2, 0.25) is 0 Å². The van der Waals surface area contributed by atoms with E-state index in [4.69, 9.17) is 4.74 Å². The van der Waals surface area contributed by atoms with E-state index in [2.05, 4.69) is 6.08 Å². The Morgan fingerprint density at radius 1 is 1.13 bits per heavy atom. The predicted molar refractivity (Wildman–Crippen MR) is 57.6 cm³/mol. The van der Waals surface area contributed by atoms with Crippen LogP contribution in [0, 0.1) is 5.41 Å². The van der Waals surface area contributed by atoms with Crippen LogP contribution in [0.4, 0.5) is 0 Å². The lowest BCUT2D eigenvalue weighted by Crippen LogP contribution is -2.53. The summed E-state index contributed by atoms with van der Waals surface area (Å²) < 4.78 is 5.93. The first-order chi connectivity index (χ1) is 7.29. The van der Waals surface area contributed by atoms with Gasteiger partial charge in [-0.2, -0.15) is 0 Å². The van der Waals surface area contributed by atoms with Crippen LogP contribution in [0.3, 0.4) is 0 Å². The molecule has 0 N–H and O–H groups in total. The average Bonchev–Trinajstić information content (AvgIpc) is 2.84. The minimum Gasteiger partial charge on any atom is -0.366 e. The first-order valence-electron chi connectivity index (χ1n) is 6.14. The highest BCUT2D eigenvalue weighted by atomic mass is 16.5. The van der Waals surface area contributed by atoms with Gasteiger partial charge in [-0.05, 0) is 38.2 Å². The Morgan fingerprint density at radius 3 is 2.60 bits per heavy atom. The SMILES string of the molecule is O=C1C=CCC2(CCCC2)C12CCCO2. The van der Waals surface area contributed by atoms with E-state index < -0.39 is 5.60 Å². The summed E-state index contributed by atoms with van der Waals surface area (Å²) in [6.07, 6.45) is 11.8. The number of rotatable bonds is 0. The Balaban J connectivity index is 2.05. The average molecular weight is 206 g/mol. The maximum atomic E-state index is 12.2. The van der Waals surface area contributed by atoms with E-state index in [9.17, 15) is 4.79 Å². The molecule has 0 bridgehead atoms. The van der Waals surface area contributed by atoms with E-state index in [0.29, 0.717) is 0 Å². The molecule has 1 atom stereocenters. The van der Waals surface area contributed by atoms with Crippen LogP contribution in [0.15, 0.2) is 12.2 Å². The molecular formula is C13H18O2. The standard InChI is InChI=1S/C13H18O2/c14-11-5-3-8-12(6-1-2-7-12)13(11)9-4-10-15-13/h3,5H,1-2,4,6-10H2. The van der Waals surface area contributed by atoms with Crippen molar-refractivity contribution in [2.75, 3.05) is 6.61 Å². The Bertz CT molecular complexity index is 304. The van der Waals surface area contributed by atoms with Crippen molar-refractivity contribution in [1.29, 1.82) is 0 Å². The number of fused-ring (bicyclic) bond motifs is 1. The highest BCUT2D eigenvalue weighted by molar-refractivity contribution is 5.99. The zero-order chi connectivity index (χ0) is 10.4. The van der Waals surface area contributed by atoms with Gasteiger partial charge in [-0.25, -0.2) is 0 Å². The fraction of sp³-hybridized carbons (Fsp3) is 0.769. The minimum absolute atomic E-state index is 0.162. The van der Waals surface area contributed by atoms with Gasteiger partial charge in [0.2, 0.25) is 0 Å². The van der Waals surface area contributed by atoms with Gasteiger partial charge < -0.3 is 4.74 Å². The van der Waals surface area contributed by atoms with Crippen LogP contribution in [-0.2, 0) is 9.53 Å². The number of carbonyl (C=O) groups excluding carboxylic acids is 1. The summed E-state index contributed by atoms with van der Waals surface area (Å²) in [6, 6.07) is 0. The zero-order valence-electron chi connectivity index (χ0n) is 9.13. The lowest BCUT2D eigenvalue weighted by atomic mass is 9.62. The number of hydrogen-bond acceptors (Lipinski definition) is 2. The highest BCUT2D eigenvalue weighted by Gasteiger charge is 2.59. The molecule has 1 saturated heterocycles. The Morgan fingerprint density at radius 2 is 1.93 bits per heavy atom. The van der Waals surface area contributed by atoms with Crippen LogP contribution in [0.5, 0.6) is 0 Å². The highest BCUT2D eigenvalue weighted by Crippen LogP contribution is 2.56. The second-order valence-corrected chi connectivity index (χ2v) is 5.24. The van der Waals surface area contributed by atoms with Gasteiger partial charge in [0, 0.05) is 12.0 Å². The monoisotopic (exact) mass is 206 g/mol. The summed E-state index contributed by atoms with van der Waals surface area (Å²) >= 11 is 0. The van der Waals surface area contributed by atoms with E-state index in [1.54, 1.807) is 6.08 Å². The largest absolute Gasteiger partial charge is 0.366 e. The summed E-state index contributed by atoms with van der Waals surface area (Å²) in [5.41, 5.74) is -0.256. The smallest absolute Gasteiger partial charge is 0.187 e. The van der Waals surface area contributed by atoms with Crippen molar-refractivity contribution in [1.82, 2.24) is 0 Å². The summed E-state index contributed by atoms with van der Waals surface area (Å²) in [7, 11) is 0.